The van der Waals surface area contributed by atoms with Crippen LogP contribution in [-0.2, 0) is 22.6 Å². The molecule has 0 fully saturated rings. The Morgan fingerprint density at radius 2 is 1.06 bits per heavy atom. The summed E-state index contributed by atoms with van der Waals surface area (Å²) in [5.74, 6) is 2.82. The van der Waals surface area contributed by atoms with Gasteiger partial charge in [0, 0.05) is 36.7 Å². The number of aromatic nitrogens is 12. The predicted octanol–water partition coefficient (Wildman–Crippen LogP) is 5.74. The number of ether oxygens (including phenoxy) is 4. The summed E-state index contributed by atoms with van der Waals surface area (Å²) in [7, 11) is 3.11. The van der Waals surface area contributed by atoms with Gasteiger partial charge < -0.3 is 28.1 Å². The van der Waals surface area contributed by atoms with Gasteiger partial charge >= 0.3 is 0 Å². The topological polar surface area (TPSA) is 246 Å². The Labute approximate surface area is 363 Å². The normalized spacial score (nSPS) is 15.4. The summed E-state index contributed by atoms with van der Waals surface area (Å²) in [4.78, 5) is 48.4. The monoisotopic (exact) mass is 866 g/mol. The molecule has 6 aromatic heterocycles. The minimum absolute atomic E-state index is 0.000285. The second-order valence-electron chi connectivity index (χ2n) is 14.5. The van der Waals surface area contributed by atoms with Crippen molar-refractivity contribution in [1.82, 2.24) is 58.6 Å². The van der Waals surface area contributed by atoms with Crippen molar-refractivity contribution in [2.75, 3.05) is 27.4 Å². The lowest BCUT2D eigenvalue weighted by molar-refractivity contribution is -0.385. The maximum absolute atomic E-state index is 11.2. The van der Waals surface area contributed by atoms with Gasteiger partial charge in [0.05, 0.1) is 74.4 Å². The van der Waals surface area contributed by atoms with Crippen molar-refractivity contribution in [2.45, 2.75) is 39.1 Å². The number of non-ortho nitro benzene ring substituents is 2. The molecule has 324 valence electrons. The predicted molar refractivity (Wildman–Crippen MR) is 225 cm³/mol. The van der Waals surface area contributed by atoms with Gasteiger partial charge in [-0.25, -0.2) is 39.3 Å². The van der Waals surface area contributed by atoms with Gasteiger partial charge in [0.15, 0.2) is 23.3 Å². The number of fused-ring (bicyclic) bond motifs is 2. The van der Waals surface area contributed by atoms with E-state index in [0.717, 1.165) is 22.8 Å². The highest BCUT2D eigenvalue weighted by atomic mass is 16.6. The number of nitro benzene ring substituents is 2. The molecule has 0 unspecified atom stereocenters. The molecule has 0 saturated carbocycles. The van der Waals surface area contributed by atoms with Gasteiger partial charge in [-0.3, -0.25) is 20.2 Å². The molecule has 22 nitrogen and oxygen atoms in total. The highest BCUT2D eigenvalue weighted by molar-refractivity contribution is 5.57. The first-order chi connectivity index (χ1) is 31.1. The number of methoxy groups -OCH3 is 2. The van der Waals surface area contributed by atoms with E-state index in [-0.39, 0.29) is 11.4 Å². The van der Waals surface area contributed by atoms with E-state index in [9.17, 15) is 20.2 Å². The van der Waals surface area contributed by atoms with E-state index in [4.69, 9.17) is 18.9 Å². The number of rotatable bonds is 10. The summed E-state index contributed by atoms with van der Waals surface area (Å²) in [6.45, 7) is 5.70. The number of imidazole rings is 2. The number of benzene rings is 2. The maximum atomic E-state index is 11.2. The first-order valence-electron chi connectivity index (χ1n) is 19.8. The summed E-state index contributed by atoms with van der Waals surface area (Å²) >= 11 is 0. The van der Waals surface area contributed by atoms with Gasteiger partial charge in [-0.1, -0.05) is 24.3 Å². The summed E-state index contributed by atoms with van der Waals surface area (Å²) in [5, 5.41) is 31.5. The van der Waals surface area contributed by atoms with Crippen molar-refractivity contribution >= 4 is 11.4 Å². The Morgan fingerprint density at radius 1 is 0.625 bits per heavy atom. The van der Waals surface area contributed by atoms with Gasteiger partial charge in [-0.2, -0.15) is 0 Å². The lowest BCUT2D eigenvalue weighted by Crippen LogP contribution is -2.23. The SMILES string of the molecule is COc1nc(-c2nc3n(n2)CCO[C@@H]3c2cccc([N+](=O)[O-])c2)ccc1-n1cnc(C)c1.COc1nc(-c2nc3n(n2)CCO[C@H]3c2cccc([N+](=O)[O-])c2)ccc1-n1cnc(C)c1. The average molecular weight is 867 g/mol. The zero-order valence-electron chi connectivity index (χ0n) is 34.7. The van der Waals surface area contributed by atoms with Crippen LogP contribution in [-0.4, -0.2) is 95.9 Å². The Hall–Kier alpha value is -8.24. The molecule has 0 saturated heterocycles. The van der Waals surface area contributed by atoms with Crippen molar-refractivity contribution in [3.63, 3.8) is 0 Å². The van der Waals surface area contributed by atoms with Crippen molar-refractivity contribution in [1.29, 1.82) is 0 Å². The van der Waals surface area contributed by atoms with E-state index >= 15 is 0 Å². The first kappa shape index (κ1) is 41.1. The molecule has 2 aromatic carbocycles. The standard InChI is InChI=1S/2C21H19N7O4/c2*1-13-11-26(12-22-13)17-7-6-16(23-21(17)31-2)19-24-20-18(32-9-8-27(20)25-19)14-4-3-5-15(10-14)28(29)30/h2*3-7,10-12,18H,8-9H2,1-2H3/t2*18-/m10/s1. The van der Waals surface area contributed by atoms with Crippen LogP contribution in [0, 0.1) is 34.1 Å². The van der Waals surface area contributed by atoms with Crippen LogP contribution in [0.4, 0.5) is 11.4 Å². The van der Waals surface area contributed by atoms with Gasteiger partial charge in [-0.15, -0.1) is 10.2 Å². The molecular weight excluding hydrogens is 829 g/mol. The minimum atomic E-state index is -0.556. The third-order valence-electron chi connectivity index (χ3n) is 10.3. The van der Waals surface area contributed by atoms with E-state index in [0.29, 0.717) is 83.9 Å². The van der Waals surface area contributed by atoms with Crippen LogP contribution in [0.1, 0.15) is 46.4 Å². The summed E-state index contributed by atoms with van der Waals surface area (Å²) in [6, 6.07) is 20.1. The Balaban J connectivity index is 0.000000162. The molecular formula is C42H38N14O8. The van der Waals surface area contributed by atoms with E-state index in [1.807, 2.05) is 59.6 Å². The average Bonchev–Trinajstić information content (AvgIpc) is 4.15. The number of nitro groups is 2. The number of aryl methyl sites for hydroxylation is 2. The second-order valence-corrected chi connectivity index (χ2v) is 14.5. The lowest BCUT2D eigenvalue weighted by atomic mass is 10.1. The van der Waals surface area contributed by atoms with Crippen LogP contribution >= 0.6 is 0 Å². The fourth-order valence-corrected chi connectivity index (χ4v) is 7.31. The van der Waals surface area contributed by atoms with Gasteiger partial charge in [0.2, 0.25) is 11.8 Å². The zero-order chi connectivity index (χ0) is 44.5. The molecule has 0 spiro atoms. The molecule has 8 aromatic rings. The Kier molecular flexibility index (Phi) is 11.1. The molecule has 0 bridgehead atoms. The molecule has 22 heteroatoms. The fourth-order valence-electron chi connectivity index (χ4n) is 7.31. The van der Waals surface area contributed by atoms with Gasteiger partial charge in [0.25, 0.3) is 11.4 Å². The van der Waals surface area contributed by atoms with E-state index in [2.05, 4.69) is 40.1 Å². The van der Waals surface area contributed by atoms with Crippen molar-refractivity contribution in [3.8, 4) is 46.2 Å². The van der Waals surface area contributed by atoms with Crippen LogP contribution in [0.15, 0.2) is 97.8 Å². The quantitative estimate of drug-likeness (QED) is 0.117. The molecule has 0 aliphatic carbocycles. The molecule has 2 atom stereocenters. The third-order valence-corrected chi connectivity index (χ3v) is 10.3. The second kappa shape index (κ2) is 17.3. The summed E-state index contributed by atoms with van der Waals surface area (Å²) < 4.78 is 30.0. The molecule has 0 N–H and O–H groups in total. The maximum Gasteiger partial charge on any atom is 0.269 e. The van der Waals surface area contributed by atoms with Crippen LogP contribution in [0.2, 0.25) is 0 Å². The van der Waals surface area contributed by atoms with Gasteiger partial charge in [0.1, 0.15) is 35.0 Å². The molecule has 8 heterocycles. The number of pyridine rings is 2. The number of nitrogens with zero attached hydrogens (tertiary/aromatic N) is 14. The number of hydrogen-bond donors (Lipinski definition) is 0. The summed E-state index contributed by atoms with van der Waals surface area (Å²) in [5.41, 5.74) is 5.64. The van der Waals surface area contributed by atoms with Crippen LogP contribution in [0.25, 0.3) is 34.4 Å². The highest BCUT2D eigenvalue weighted by Crippen LogP contribution is 2.34. The third kappa shape index (κ3) is 8.12. The highest BCUT2D eigenvalue weighted by Gasteiger charge is 2.30. The van der Waals surface area contributed by atoms with Crippen molar-refractivity contribution in [2.24, 2.45) is 0 Å². The number of hydrogen-bond acceptors (Lipinski definition) is 16. The van der Waals surface area contributed by atoms with Crippen molar-refractivity contribution < 1.29 is 28.8 Å². The molecule has 64 heavy (non-hydrogen) atoms. The Bertz CT molecular complexity index is 2830. The molecule has 2 aliphatic heterocycles. The van der Waals surface area contributed by atoms with Crippen LogP contribution in [0.3, 0.4) is 0 Å². The van der Waals surface area contributed by atoms with E-state index in [1.54, 1.807) is 60.5 Å². The minimum Gasteiger partial charge on any atom is -0.479 e. The van der Waals surface area contributed by atoms with Crippen LogP contribution in [0.5, 0.6) is 11.8 Å². The van der Waals surface area contributed by atoms with Crippen molar-refractivity contribution in [3.05, 3.63) is 152 Å². The molecule has 2 aliphatic rings. The van der Waals surface area contributed by atoms with E-state index in [1.165, 1.54) is 24.3 Å². The largest absolute Gasteiger partial charge is 0.479 e. The fraction of sp³-hybridized carbons (Fsp3) is 0.238. The zero-order valence-corrected chi connectivity index (χ0v) is 34.7. The molecule has 0 amide bonds. The molecule has 0 radical (unpaired) electrons. The smallest absolute Gasteiger partial charge is 0.269 e. The molecule has 10 rings (SSSR count). The lowest BCUT2D eigenvalue weighted by Gasteiger charge is -2.22. The Morgan fingerprint density at radius 3 is 1.44 bits per heavy atom. The van der Waals surface area contributed by atoms with Crippen LogP contribution < -0.4 is 9.47 Å². The first-order valence-corrected chi connectivity index (χ1v) is 19.8. The van der Waals surface area contributed by atoms with Gasteiger partial charge in [-0.05, 0) is 49.2 Å². The summed E-state index contributed by atoms with van der Waals surface area (Å²) in [6.07, 6.45) is 6.05. The van der Waals surface area contributed by atoms with E-state index < -0.39 is 22.1 Å².